The fraction of sp³-hybridized carbons (Fsp3) is 0.333. The smallest absolute Gasteiger partial charge is 0.159 e. The lowest BCUT2D eigenvalue weighted by Gasteiger charge is -2.08. The summed E-state index contributed by atoms with van der Waals surface area (Å²) in [4.78, 5) is 8.61. The van der Waals surface area contributed by atoms with Gasteiger partial charge in [-0.15, -0.1) is 0 Å². The maximum absolute atomic E-state index is 4.31. The van der Waals surface area contributed by atoms with Gasteiger partial charge in [0.2, 0.25) is 0 Å². The van der Waals surface area contributed by atoms with Crippen molar-refractivity contribution in [2.24, 2.45) is 5.92 Å². The van der Waals surface area contributed by atoms with Gasteiger partial charge in [0.1, 0.15) is 0 Å². The van der Waals surface area contributed by atoms with E-state index in [9.17, 15) is 0 Å². The molecule has 18 heavy (non-hydrogen) atoms. The summed E-state index contributed by atoms with van der Waals surface area (Å²) in [6, 6.07) is 11.1. The molecule has 0 spiro atoms. The molecule has 91 valence electrons. The Morgan fingerprint density at radius 1 is 1.22 bits per heavy atom. The number of benzene rings is 1. The average molecular weight is 238 g/mol. The van der Waals surface area contributed by atoms with Crippen molar-refractivity contribution in [2.75, 3.05) is 6.54 Å². The lowest BCUT2D eigenvalue weighted by atomic mass is 10.1. The Morgan fingerprint density at radius 2 is 2.06 bits per heavy atom. The third-order valence-electron chi connectivity index (χ3n) is 3.18. The van der Waals surface area contributed by atoms with Crippen LogP contribution in [0.15, 0.2) is 36.7 Å². The highest BCUT2D eigenvalue weighted by Gasteiger charge is 2.20. The molecule has 2 aromatic rings. The summed E-state index contributed by atoms with van der Waals surface area (Å²) < 4.78 is 0. The highest BCUT2D eigenvalue weighted by Crippen LogP contribution is 2.28. The van der Waals surface area contributed by atoms with Crippen LogP contribution in [0, 0.1) is 12.0 Å². The maximum atomic E-state index is 4.31. The van der Waals surface area contributed by atoms with Crippen molar-refractivity contribution >= 4 is 0 Å². The molecule has 1 aliphatic rings. The van der Waals surface area contributed by atoms with E-state index in [-0.39, 0.29) is 0 Å². The van der Waals surface area contributed by atoms with Crippen LogP contribution < -0.4 is 5.32 Å². The molecule has 1 heterocycles. The van der Waals surface area contributed by atoms with Crippen molar-refractivity contribution in [3.05, 3.63) is 48.3 Å². The standard InChI is InChI=1S/C15H16N3/c1-2-5-14(15-17-8-3-9-18-15)13(4-1)11-16-10-12-6-7-12/h1-3,5,8-9,12,16H,6-7,10-11H2. The summed E-state index contributed by atoms with van der Waals surface area (Å²) in [5.41, 5.74) is 2.21. The Morgan fingerprint density at radius 3 is 2.83 bits per heavy atom. The Balaban J connectivity index is 1.76. The first kappa shape index (κ1) is 11.4. The third-order valence-corrected chi connectivity index (χ3v) is 3.18. The van der Waals surface area contributed by atoms with E-state index in [1.165, 1.54) is 12.8 Å². The van der Waals surface area contributed by atoms with Gasteiger partial charge in [0, 0.05) is 24.5 Å². The zero-order valence-corrected chi connectivity index (χ0v) is 10.3. The Bertz CT molecular complexity index is 506. The molecule has 1 radical (unpaired) electrons. The van der Waals surface area contributed by atoms with Crippen LogP contribution in [0.5, 0.6) is 0 Å². The molecule has 1 fully saturated rings. The molecule has 3 nitrogen and oxygen atoms in total. The van der Waals surface area contributed by atoms with Crippen LogP contribution in [0.1, 0.15) is 18.4 Å². The van der Waals surface area contributed by atoms with E-state index in [1.54, 1.807) is 12.4 Å². The molecule has 1 aromatic carbocycles. The lowest BCUT2D eigenvalue weighted by molar-refractivity contribution is 0.639. The van der Waals surface area contributed by atoms with Gasteiger partial charge in [-0.25, -0.2) is 9.97 Å². The topological polar surface area (TPSA) is 37.8 Å². The van der Waals surface area contributed by atoms with E-state index in [4.69, 9.17) is 0 Å². The first-order valence-corrected chi connectivity index (χ1v) is 6.41. The Kier molecular flexibility index (Phi) is 3.33. The summed E-state index contributed by atoms with van der Waals surface area (Å²) in [6.07, 6.45) is 6.30. The van der Waals surface area contributed by atoms with Crippen molar-refractivity contribution in [1.29, 1.82) is 0 Å². The predicted octanol–water partition coefficient (Wildman–Crippen LogP) is 2.44. The van der Waals surface area contributed by atoms with Gasteiger partial charge in [-0.3, -0.25) is 0 Å². The van der Waals surface area contributed by atoms with Gasteiger partial charge < -0.3 is 5.32 Å². The SMILES string of the molecule is [c]1cccc(-c2ncccn2)c1CNCC1CC1. The highest BCUT2D eigenvalue weighted by atomic mass is 14.9. The number of nitrogens with one attached hydrogen (secondary N) is 1. The minimum absolute atomic E-state index is 0.776. The first-order valence-electron chi connectivity index (χ1n) is 6.41. The molecule has 0 amide bonds. The van der Waals surface area contributed by atoms with Crippen molar-refractivity contribution in [2.45, 2.75) is 19.4 Å². The molecule has 0 atom stereocenters. The monoisotopic (exact) mass is 238 g/mol. The lowest BCUT2D eigenvalue weighted by Crippen LogP contribution is -2.16. The summed E-state index contributed by atoms with van der Waals surface area (Å²) in [6.45, 7) is 1.95. The second-order valence-electron chi connectivity index (χ2n) is 4.71. The predicted molar refractivity (Wildman–Crippen MR) is 70.7 cm³/mol. The zero-order chi connectivity index (χ0) is 12.2. The van der Waals surface area contributed by atoms with E-state index < -0.39 is 0 Å². The molecule has 0 bridgehead atoms. The molecule has 0 aliphatic heterocycles. The van der Waals surface area contributed by atoms with Crippen LogP contribution in [0.2, 0.25) is 0 Å². The van der Waals surface area contributed by atoms with Crippen LogP contribution in [0.3, 0.4) is 0 Å². The Labute approximate surface area is 107 Å². The van der Waals surface area contributed by atoms with Gasteiger partial charge in [0.05, 0.1) is 0 Å². The average Bonchev–Trinajstić information content (AvgIpc) is 3.25. The van der Waals surface area contributed by atoms with Crippen molar-refractivity contribution in [3.63, 3.8) is 0 Å². The van der Waals surface area contributed by atoms with Crippen LogP contribution in [-0.2, 0) is 6.54 Å². The van der Waals surface area contributed by atoms with Gasteiger partial charge in [-0.05, 0) is 43.0 Å². The molecular weight excluding hydrogens is 222 g/mol. The largest absolute Gasteiger partial charge is 0.312 e. The minimum atomic E-state index is 0.776. The van der Waals surface area contributed by atoms with E-state index in [2.05, 4.69) is 27.4 Å². The maximum Gasteiger partial charge on any atom is 0.159 e. The van der Waals surface area contributed by atoms with Crippen LogP contribution >= 0.6 is 0 Å². The highest BCUT2D eigenvalue weighted by molar-refractivity contribution is 5.59. The molecule has 1 N–H and O–H groups in total. The van der Waals surface area contributed by atoms with Crippen molar-refractivity contribution in [1.82, 2.24) is 15.3 Å². The van der Waals surface area contributed by atoms with E-state index in [0.717, 1.165) is 36.0 Å². The van der Waals surface area contributed by atoms with Gasteiger partial charge in [-0.1, -0.05) is 18.2 Å². The molecule has 3 heteroatoms. The van der Waals surface area contributed by atoms with Gasteiger partial charge in [0.25, 0.3) is 0 Å². The second kappa shape index (κ2) is 5.27. The number of hydrogen-bond acceptors (Lipinski definition) is 3. The molecule has 3 rings (SSSR count). The molecule has 0 saturated heterocycles. The number of aromatic nitrogens is 2. The normalized spacial score (nSPS) is 14.7. The molecule has 1 aliphatic carbocycles. The van der Waals surface area contributed by atoms with Gasteiger partial charge in [0.15, 0.2) is 5.82 Å². The van der Waals surface area contributed by atoms with E-state index in [0.29, 0.717) is 0 Å². The molecule has 0 unspecified atom stereocenters. The second-order valence-corrected chi connectivity index (χ2v) is 4.71. The van der Waals surface area contributed by atoms with Crippen LogP contribution in [0.25, 0.3) is 11.4 Å². The van der Waals surface area contributed by atoms with E-state index in [1.807, 2.05) is 18.2 Å². The number of rotatable bonds is 5. The summed E-state index contributed by atoms with van der Waals surface area (Å²) in [5.74, 6) is 1.67. The zero-order valence-electron chi connectivity index (χ0n) is 10.3. The summed E-state index contributed by atoms with van der Waals surface area (Å²) in [7, 11) is 0. The molecule has 1 saturated carbocycles. The Hall–Kier alpha value is -1.74. The van der Waals surface area contributed by atoms with Crippen molar-refractivity contribution in [3.8, 4) is 11.4 Å². The third kappa shape index (κ3) is 2.74. The number of nitrogens with zero attached hydrogens (tertiary/aromatic N) is 2. The van der Waals surface area contributed by atoms with Gasteiger partial charge >= 0.3 is 0 Å². The fourth-order valence-electron chi connectivity index (χ4n) is 1.99. The summed E-state index contributed by atoms with van der Waals surface area (Å²) in [5, 5.41) is 3.49. The van der Waals surface area contributed by atoms with E-state index >= 15 is 0 Å². The van der Waals surface area contributed by atoms with Crippen molar-refractivity contribution < 1.29 is 0 Å². The minimum Gasteiger partial charge on any atom is -0.312 e. The fourth-order valence-corrected chi connectivity index (χ4v) is 1.99. The quantitative estimate of drug-likeness (QED) is 0.869. The van der Waals surface area contributed by atoms with Crippen LogP contribution in [-0.4, -0.2) is 16.5 Å². The molecule has 1 aromatic heterocycles. The first-order chi connectivity index (χ1) is 8.93. The number of hydrogen-bond donors (Lipinski definition) is 1. The van der Waals surface area contributed by atoms with Crippen LogP contribution in [0.4, 0.5) is 0 Å². The summed E-state index contributed by atoms with van der Waals surface area (Å²) >= 11 is 0. The molecular formula is C15H16N3. The van der Waals surface area contributed by atoms with Gasteiger partial charge in [-0.2, -0.15) is 0 Å².